The van der Waals surface area contributed by atoms with E-state index in [4.69, 9.17) is 0 Å². The number of hydrogen-bond acceptors (Lipinski definition) is 1. The largest absolute Gasteiger partial charge is 0.253 e. The molecule has 0 N–H and O–H groups in total. The molecule has 1 nitrogen and oxygen atoms in total. The first kappa shape index (κ1) is 8.24. The summed E-state index contributed by atoms with van der Waals surface area (Å²) in [5.41, 5.74) is 3.61. The van der Waals surface area contributed by atoms with Crippen LogP contribution in [0.5, 0.6) is 0 Å². The molecule has 1 aromatic heterocycles. The third kappa shape index (κ3) is 1.42. The van der Waals surface area contributed by atoms with Crippen molar-refractivity contribution < 1.29 is 0 Å². The number of rotatable bonds is 1. The summed E-state index contributed by atoms with van der Waals surface area (Å²) in [7, 11) is 0. The van der Waals surface area contributed by atoms with E-state index in [2.05, 4.69) is 36.2 Å². The number of hydrogen-bond donors (Lipinski definition) is 0. The lowest BCUT2D eigenvalue weighted by atomic mass is 10.1. The van der Waals surface area contributed by atoms with E-state index >= 15 is 0 Å². The molecule has 2 rings (SSSR count). The smallest absolute Gasteiger partial charge is 0.0707 e. The van der Waals surface area contributed by atoms with Gasteiger partial charge in [-0.25, -0.2) is 0 Å². The lowest BCUT2D eigenvalue weighted by Gasteiger charge is -2.04. The van der Waals surface area contributed by atoms with Gasteiger partial charge >= 0.3 is 0 Å². The molecule has 1 heterocycles. The highest BCUT2D eigenvalue weighted by molar-refractivity contribution is 5.82. The topological polar surface area (TPSA) is 12.9 Å². The van der Waals surface area contributed by atoms with Crippen molar-refractivity contribution >= 4 is 10.9 Å². The van der Waals surface area contributed by atoms with Crippen molar-refractivity contribution in [1.82, 2.24) is 4.98 Å². The Balaban J connectivity index is 2.81. The molecule has 0 bridgehead atoms. The van der Waals surface area contributed by atoms with Gasteiger partial charge in [0.1, 0.15) is 0 Å². The highest BCUT2D eigenvalue weighted by Gasteiger charge is 2.00. The van der Waals surface area contributed by atoms with Crippen LogP contribution in [0.1, 0.15) is 18.2 Å². The Labute approximate surface area is 78.4 Å². The number of pyridine rings is 1. The predicted molar refractivity (Wildman–Crippen MR) is 55.9 cm³/mol. The molecule has 0 aliphatic carbocycles. The zero-order chi connectivity index (χ0) is 9.26. The Morgan fingerprint density at radius 3 is 2.77 bits per heavy atom. The van der Waals surface area contributed by atoms with Crippen molar-refractivity contribution in [1.29, 1.82) is 0 Å². The summed E-state index contributed by atoms with van der Waals surface area (Å²) in [5.74, 6) is 0. The average molecular weight is 171 g/mol. The second-order valence-electron chi connectivity index (χ2n) is 3.29. The molecule has 0 aliphatic heterocycles. The Morgan fingerprint density at radius 1 is 1.23 bits per heavy atom. The van der Waals surface area contributed by atoms with Crippen LogP contribution in [0.15, 0.2) is 30.3 Å². The molecule has 13 heavy (non-hydrogen) atoms. The normalized spacial score (nSPS) is 10.6. The zero-order valence-electron chi connectivity index (χ0n) is 8.04. The van der Waals surface area contributed by atoms with Crippen LogP contribution in [-0.4, -0.2) is 4.98 Å². The molecule has 0 fully saturated rings. The molecule has 1 heteroatoms. The van der Waals surface area contributed by atoms with Gasteiger partial charge in [-0.2, -0.15) is 0 Å². The quantitative estimate of drug-likeness (QED) is 0.642. The monoisotopic (exact) mass is 171 g/mol. The molecule has 2 aromatic rings. The summed E-state index contributed by atoms with van der Waals surface area (Å²) in [6.45, 7) is 4.23. The van der Waals surface area contributed by atoms with Gasteiger partial charge < -0.3 is 0 Å². The van der Waals surface area contributed by atoms with Gasteiger partial charge in [-0.3, -0.25) is 4.98 Å². The minimum Gasteiger partial charge on any atom is -0.253 e. The van der Waals surface area contributed by atoms with Gasteiger partial charge in [0.25, 0.3) is 0 Å². The lowest BCUT2D eigenvalue weighted by Crippen LogP contribution is -1.89. The number of benzene rings is 1. The Bertz CT molecular complexity index is 432. The van der Waals surface area contributed by atoms with Crippen molar-refractivity contribution in [3.05, 3.63) is 41.6 Å². The number of aromatic nitrogens is 1. The van der Waals surface area contributed by atoms with Crippen LogP contribution >= 0.6 is 0 Å². The van der Waals surface area contributed by atoms with E-state index in [0.717, 1.165) is 17.6 Å². The van der Waals surface area contributed by atoms with Crippen molar-refractivity contribution in [3.63, 3.8) is 0 Å². The van der Waals surface area contributed by atoms with E-state index < -0.39 is 0 Å². The first-order chi connectivity index (χ1) is 6.31. The SMILES string of the molecule is CCc1cc(C)nc2ccccc12. The van der Waals surface area contributed by atoms with Crippen molar-refractivity contribution in [2.24, 2.45) is 0 Å². The Hall–Kier alpha value is -1.37. The predicted octanol–water partition coefficient (Wildman–Crippen LogP) is 3.11. The first-order valence-corrected chi connectivity index (χ1v) is 4.66. The first-order valence-electron chi connectivity index (χ1n) is 4.66. The second-order valence-corrected chi connectivity index (χ2v) is 3.29. The van der Waals surface area contributed by atoms with Gasteiger partial charge in [0.05, 0.1) is 5.52 Å². The molecule has 0 amide bonds. The maximum atomic E-state index is 4.48. The van der Waals surface area contributed by atoms with E-state index in [9.17, 15) is 0 Å². The van der Waals surface area contributed by atoms with Crippen molar-refractivity contribution in [2.45, 2.75) is 20.3 Å². The van der Waals surface area contributed by atoms with E-state index in [-0.39, 0.29) is 0 Å². The third-order valence-corrected chi connectivity index (χ3v) is 2.31. The van der Waals surface area contributed by atoms with Crippen LogP contribution in [0.2, 0.25) is 0 Å². The Morgan fingerprint density at radius 2 is 2.00 bits per heavy atom. The molecule has 0 saturated carbocycles. The number of nitrogens with zero attached hydrogens (tertiary/aromatic N) is 1. The fourth-order valence-corrected chi connectivity index (χ4v) is 1.69. The standard InChI is InChI=1S/C12H13N/c1-3-10-8-9(2)13-12-7-5-4-6-11(10)12/h4-8H,3H2,1-2H3. The summed E-state index contributed by atoms with van der Waals surface area (Å²) in [6, 6.07) is 10.5. The zero-order valence-corrected chi connectivity index (χ0v) is 8.04. The molecule has 0 atom stereocenters. The molecule has 0 spiro atoms. The highest BCUT2D eigenvalue weighted by atomic mass is 14.7. The van der Waals surface area contributed by atoms with Crippen molar-refractivity contribution in [3.8, 4) is 0 Å². The number of aryl methyl sites for hydroxylation is 2. The van der Waals surface area contributed by atoms with Gasteiger partial charge in [-0.05, 0) is 31.0 Å². The molecule has 0 radical (unpaired) electrons. The lowest BCUT2D eigenvalue weighted by molar-refractivity contribution is 1.12. The Kier molecular flexibility index (Phi) is 2.01. The summed E-state index contributed by atoms with van der Waals surface area (Å²) < 4.78 is 0. The van der Waals surface area contributed by atoms with E-state index in [1.54, 1.807) is 0 Å². The van der Waals surface area contributed by atoms with Crippen LogP contribution in [-0.2, 0) is 6.42 Å². The summed E-state index contributed by atoms with van der Waals surface area (Å²) in [5, 5.41) is 1.29. The maximum Gasteiger partial charge on any atom is 0.0707 e. The van der Waals surface area contributed by atoms with Crippen LogP contribution in [0.3, 0.4) is 0 Å². The van der Waals surface area contributed by atoms with Gasteiger partial charge in [-0.15, -0.1) is 0 Å². The fraction of sp³-hybridized carbons (Fsp3) is 0.250. The van der Waals surface area contributed by atoms with Crippen LogP contribution in [0.25, 0.3) is 10.9 Å². The van der Waals surface area contributed by atoms with Gasteiger partial charge in [-0.1, -0.05) is 25.1 Å². The van der Waals surface area contributed by atoms with Gasteiger partial charge in [0.2, 0.25) is 0 Å². The van der Waals surface area contributed by atoms with Crippen LogP contribution < -0.4 is 0 Å². The molecule has 0 saturated heterocycles. The second kappa shape index (κ2) is 3.17. The molecular weight excluding hydrogens is 158 g/mol. The molecule has 0 unspecified atom stereocenters. The van der Waals surface area contributed by atoms with Gasteiger partial charge in [0, 0.05) is 11.1 Å². The molecule has 0 aliphatic rings. The summed E-state index contributed by atoms with van der Waals surface area (Å²) in [6.07, 6.45) is 1.07. The minimum absolute atomic E-state index is 1.07. The minimum atomic E-state index is 1.07. The molecular formula is C12H13N. The van der Waals surface area contributed by atoms with Gasteiger partial charge in [0.15, 0.2) is 0 Å². The number of fused-ring (bicyclic) bond motifs is 1. The average Bonchev–Trinajstić information content (AvgIpc) is 2.16. The van der Waals surface area contributed by atoms with Crippen LogP contribution in [0.4, 0.5) is 0 Å². The third-order valence-electron chi connectivity index (χ3n) is 2.31. The fourth-order valence-electron chi connectivity index (χ4n) is 1.69. The van der Waals surface area contributed by atoms with Crippen molar-refractivity contribution in [2.75, 3.05) is 0 Å². The highest BCUT2D eigenvalue weighted by Crippen LogP contribution is 2.18. The van der Waals surface area contributed by atoms with Crippen LogP contribution in [0, 0.1) is 6.92 Å². The van der Waals surface area contributed by atoms with E-state index in [1.807, 2.05) is 13.0 Å². The molecule has 1 aromatic carbocycles. The molecule has 66 valence electrons. The maximum absolute atomic E-state index is 4.48. The summed E-state index contributed by atoms with van der Waals surface area (Å²) >= 11 is 0. The van der Waals surface area contributed by atoms with E-state index in [1.165, 1.54) is 10.9 Å². The summed E-state index contributed by atoms with van der Waals surface area (Å²) in [4.78, 5) is 4.48. The van der Waals surface area contributed by atoms with E-state index in [0.29, 0.717) is 0 Å². The number of para-hydroxylation sites is 1.